The van der Waals surface area contributed by atoms with Crippen LogP contribution in [-0.2, 0) is 4.79 Å². The lowest BCUT2D eigenvalue weighted by molar-refractivity contribution is -0.129. The van der Waals surface area contributed by atoms with Gasteiger partial charge in [-0.2, -0.15) is 0 Å². The number of piperidine rings is 1. The van der Waals surface area contributed by atoms with Crippen molar-refractivity contribution in [3.8, 4) is 5.75 Å². The van der Waals surface area contributed by atoms with Gasteiger partial charge in [0.1, 0.15) is 5.75 Å². The molecule has 0 aliphatic carbocycles. The van der Waals surface area contributed by atoms with Gasteiger partial charge in [0.2, 0.25) is 5.91 Å². The van der Waals surface area contributed by atoms with Crippen molar-refractivity contribution in [1.29, 1.82) is 0 Å². The summed E-state index contributed by atoms with van der Waals surface area (Å²) < 4.78 is 5.57. The highest BCUT2D eigenvalue weighted by Gasteiger charge is 2.33. The lowest BCUT2D eigenvalue weighted by Gasteiger charge is -2.42. The number of methoxy groups -OCH3 is 1. The number of aliphatic hydroxyl groups is 1. The van der Waals surface area contributed by atoms with E-state index in [2.05, 4.69) is 24.0 Å². The monoisotopic (exact) mass is 346 g/mol. The molecule has 0 bridgehead atoms. The minimum Gasteiger partial charge on any atom is -0.496 e. The van der Waals surface area contributed by atoms with Gasteiger partial charge in [0.25, 0.3) is 0 Å². The van der Waals surface area contributed by atoms with Crippen LogP contribution in [0, 0.1) is 0 Å². The number of aliphatic hydroxyl groups excluding tert-OH is 1. The number of carbonyl (C=O) groups excluding carboxylic acids is 1. The molecule has 1 amide bonds. The molecule has 3 atom stereocenters. The van der Waals surface area contributed by atoms with Gasteiger partial charge in [0, 0.05) is 43.7 Å². The molecule has 2 aliphatic heterocycles. The van der Waals surface area contributed by atoms with Crippen molar-refractivity contribution in [2.24, 2.45) is 0 Å². The average Bonchev–Trinajstić information content (AvgIpc) is 3.01. The summed E-state index contributed by atoms with van der Waals surface area (Å²) in [6.45, 7) is 4.05. The van der Waals surface area contributed by atoms with E-state index in [1.807, 2.05) is 12.1 Å². The first kappa shape index (κ1) is 18.2. The van der Waals surface area contributed by atoms with E-state index in [0.717, 1.165) is 31.6 Å². The number of para-hydroxylation sites is 1. The first-order valence-electron chi connectivity index (χ1n) is 9.44. The van der Waals surface area contributed by atoms with Crippen LogP contribution in [0.3, 0.4) is 0 Å². The molecule has 2 heterocycles. The first-order valence-corrected chi connectivity index (χ1v) is 9.44. The van der Waals surface area contributed by atoms with Gasteiger partial charge in [-0.25, -0.2) is 0 Å². The SMILES string of the molecule is COc1ccccc1[C@H]1CCC[C@@H](C)N1C[C@H](O)CN1CCCC1=O. The predicted molar refractivity (Wildman–Crippen MR) is 97.6 cm³/mol. The van der Waals surface area contributed by atoms with Crippen LogP contribution in [0.5, 0.6) is 5.75 Å². The third kappa shape index (κ3) is 4.15. The maximum atomic E-state index is 11.8. The Balaban J connectivity index is 1.72. The third-order valence-corrected chi connectivity index (χ3v) is 5.59. The van der Waals surface area contributed by atoms with E-state index >= 15 is 0 Å². The largest absolute Gasteiger partial charge is 0.496 e. The van der Waals surface area contributed by atoms with Crippen molar-refractivity contribution in [1.82, 2.24) is 9.80 Å². The Morgan fingerprint density at radius 2 is 2.04 bits per heavy atom. The van der Waals surface area contributed by atoms with Crippen LogP contribution in [0.15, 0.2) is 24.3 Å². The molecule has 5 nitrogen and oxygen atoms in total. The molecule has 25 heavy (non-hydrogen) atoms. The van der Waals surface area contributed by atoms with E-state index in [-0.39, 0.29) is 11.9 Å². The van der Waals surface area contributed by atoms with Gasteiger partial charge in [-0.05, 0) is 32.3 Å². The lowest BCUT2D eigenvalue weighted by Crippen LogP contribution is -2.47. The summed E-state index contributed by atoms with van der Waals surface area (Å²) in [5, 5.41) is 10.6. The summed E-state index contributed by atoms with van der Waals surface area (Å²) in [4.78, 5) is 16.0. The number of carbonyl (C=O) groups is 1. The molecule has 3 rings (SSSR count). The topological polar surface area (TPSA) is 53.0 Å². The molecule has 138 valence electrons. The maximum Gasteiger partial charge on any atom is 0.222 e. The Bertz CT molecular complexity index is 592. The van der Waals surface area contributed by atoms with Gasteiger partial charge in [-0.3, -0.25) is 9.69 Å². The molecule has 0 unspecified atom stereocenters. The van der Waals surface area contributed by atoms with Crippen LogP contribution in [0.4, 0.5) is 0 Å². The van der Waals surface area contributed by atoms with Crippen molar-refractivity contribution < 1.29 is 14.6 Å². The van der Waals surface area contributed by atoms with Gasteiger partial charge in [-0.15, -0.1) is 0 Å². The minimum atomic E-state index is -0.514. The molecule has 2 saturated heterocycles. The Hall–Kier alpha value is -1.59. The van der Waals surface area contributed by atoms with E-state index in [1.165, 1.54) is 12.0 Å². The fraction of sp³-hybridized carbons (Fsp3) is 0.650. The second-order valence-electron chi connectivity index (χ2n) is 7.33. The third-order valence-electron chi connectivity index (χ3n) is 5.59. The summed E-state index contributed by atoms with van der Waals surface area (Å²) in [5.74, 6) is 1.09. The van der Waals surface area contributed by atoms with Gasteiger partial charge in [-0.1, -0.05) is 24.6 Å². The molecule has 1 N–H and O–H groups in total. The van der Waals surface area contributed by atoms with Crippen molar-refractivity contribution in [3.63, 3.8) is 0 Å². The van der Waals surface area contributed by atoms with Gasteiger partial charge in [0.05, 0.1) is 13.2 Å². The lowest BCUT2D eigenvalue weighted by atomic mass is 9.90. The Labute approximate surface area is 150 Å². The molecule has 0 radical (unpaired) electrons. The van der Waals surface area contributed by atoms with Gasteiger partial charge >= 0.3 is 0 Å². The predicted octanol–water partition coefficient (Wildman–Crippen LogP) is 2.59. The number of hydrogen-bond donors (Lipinski definition) is 1. The summed E-state index contributed by atoms with van der Waals surface area (Å²) in [5.41, 5.74) is 1.20. The summed E-state index contributed by atoms with van der Waals surface area (Å²) in [6.07, 6.45) is 4.41. The molecule has 0 spiro atoms. The number of benzene rings is 1. The number of hydrogen-bond acceptors (Lipinski definition) is 4. The minimum absolute atomic E-state index is 0.173. The molecule has 2 aliphatic rings. The number of amides is 1. The molecule has 5 heteroatoms. The number of likely N-dealkylation sites (tertiary alicyclic amines) is 2. The fourth-order valence-corrected chi connectivity index (χ4v) is 4.28. The molecular formula is C20H30N2O3. The zero-order chi connectivity index (χ0) is 17.8. The second-order valence-corrected chi connectivity index (χ2v) is 7.33. The van der Waals surface area contributed by atoms with Crippen molar-refractivity contribution in [2.45, 2.75) is 57.2 Å². The standard InChI is InChI=1S/C20H30N2O3/c1-15-7-5-9-18(17-8-3-4-10-19(17)25-2)22(15)14-16(23)13-21-12-6-11-20(21)24/h3-4,8,10,15-16,18,23H,5-7,9,11-14H2,1-2H3/t15-,16-,18-/m1/s1. The van der Waals surface area contributed by atoms with E-state index in [9.17, 15) is 9.90 Å². The van der Waals surface area contributed by atoms with Gasteiger partial charge in [0.15, 0.2) is 0 Å². The first-order chi connectivity index (χ1) is 12.1. The van der Waals surface area contributed by atoms with Crippen LogP contribution in [0.2, 0.25) is 0 Å². The normalized spacial score (nSPS) is 26.0. The zero-order valence-corrected chi connectivity index (χ0v) is 15.4. The molecule has 0 aromatic heterocycles. The summed E-state index contributed by atoms with van der Waals surface area (Å²) >= 11 is 0. The van der Waals surface area contributed by atoms with Crippen LogP contribution in [0.1, 0.15) is 50.6 Å². The molecule has 0 saturated carbocycles. The molecule has 1 aromatic rings. The van der Waals surface area contributed by atoms with Crippen LogP contribution < -0.4 is 4.74 Å². The number of nitrogens with zero attached hydrogens (tertiary/aromatic N) is 2. The fourth-order valence-electron chi connectivity index (χ4n) is 4.28. The number of ether oxygens (including phenoxy) is 1. The molecule has 1 aromatic carbocycles. The second kappa shape index (κ2) is 8.19. The summed E-state index contributed by atoms with van der Waals surface area (Å²) in [7, 11) is 1.71. The van der Waals surface area contributed by atoms with Crippen LogP contribution in [-0.4, -0.2) is 59.7 Å². The van der Waals surface area contributed by atoms with Crippen LogP contribution in [0.25, 0.3) is 0 Å². The Morgan fingerprint density at radius 1 is 1.24 bits per heavy atom. The van der Waals surface area contributed by atoms with E-state index < -0.39 is 6.10 Å². The number of β-amino-alcohol motifs (C(OH)–C–C–N with tert-alkyl or cyclic N) is 1. The van der Waals surface area contributed by atoms with Gasteiger partial charge < -0.3 is 14.7 Å². The quantitative estimate of drug-likeness (QED) is 0.860. The van der Waals surface area contributed by atoms with Crippen molar-refractivity contribution in [2.75, 3.05) is 26.7 Å². The highest BCUT2D eigenvalue weighted by Crippen LogP contribution is 2.38. The maximum absolute atomic E-state index is 11.8. The Morgan fingerprint density at radius 3 is 2.76 bits per heavy atom. The average molecular weight is 346 g/mol. The van der Waals surface area contributed by atoms with E-state index in [0.29, 0.717) is 25.6 Å². The highest BCUT2D eigenvalue weighted by atomic mass is 16.5. The van der Waals surface area contributed by atoms with Crippen molar-refractivity contribution in [3.05, 3.63) is 29.8 Å². The molecule has 2 fully saturated rings. The number of rotatable bonds is 6. The smallest absolute Gasteiger partial charge is 0.222 e. The molecular weight excluding hydrogens is 316 g/mol. The van der Waals surface area contributed by atoms with Crippen LogP contribution >= 0.6 is 0 Å². The van der Waals surface area contributed by atoms with E-state index in [1.54, 1.807) is 12.0 Å². The zero-order valence-electron chi connectivity index (χ0n) is 15.4. The highest BCUT2D eigenvalue weighted by molar-refractivity contribution is 5.78. The summed E-state index contributed by atoms with van der Waals surface area (Å²) in [6, 6.07) is 8.84. The van der Waals surface area contributed by atoms with E-state index in [4.69, 9.17) is 4.74 Å². The van der Waals surface area contributed by atoms with Crippen molar-refractivity contribution >= 4 is 5.91 Å². The Kier molecular flexibility index (Phi) is 5.97.